The largest absolute Gasteiger partial charge is 0.370 e. The number of nitrogens with one attached hydrogen (secondary N) is 1. The Hall–Kier alpha value is -0.570. The number of carbonyl (C=O) groups is 1. The van der Waals surface area contributed by atoms with Crippen LogP contribution in [0.2, 0.25) is 0 Å². The first kappa shape index (κ1) is 22.4. The fraction of sp³-hybridized carbons (Fsp3) is 0.950. The molecule has 0 aliphatic carbocycles. The normalized spacial score (nSPS) is 12.4. The minimum absolute atomic E-state index is 0.179. The fourth-order valence-corrected chi connectivity index (χ4v) is 3.06. The summed E-state index contributed by atoms with van der Waals surface area (Å²) in [5, 5.41) is 3.49. The maximum absolute atomic E-state index is 11.1. The molecule has 1 amide bonds. The number of primary amides is 1. The number of nitrogens with two attached hydrogens (primary N) is 1. The second-order valence-electron chi connectivity index (χ2n) is 7.00. The Labute approximate surface area is 145 Å². The summed E-state index contributed by atoms with van der Waals surface area (Å²) in [7, 11) is 0. The van der Waals surface area contributed by atoms with E-state index in [-0.39, 0.29) is 11.9 Å². The van der Waals surface area contributed by atoms with E-state index in [0.29, 0.717) is 6.42 Å². The fourth-order valence-electron chi connectivity index (χ4n) is 3.06. The second kappa shape index (κ2) is 17.8. The van der Waals surface area contributed by atoms with Crippen LogP contribution in [0.5, 0.6) is 0 Å². The molecular weight excluding hydrogens is 284 g/mol. The molecular formula is C20H42N2O. The van der Waals surface area contributed by atoms with Gasteiger partial charge in [0.05, 0.1) is 0 Å². The highest BCUT2D eigenvalue weighted by Gasteiger charge is 2.10. The van der Waals surface area contributed by atoms with Crippen molar-refractivity contribution < 1.29 is 4.79 Å². The van der Waals surface area contributed by atoms with Crippen molar-refractivity contribution in [3.8, 4) is 0 Å². The Morgan fingerprint density at radius 3 is 1.74 bits per heavy atom. The molecule has 0 aromatic heterocycles. The predicted octanol–water partition coefficient (Wildman–Crippen LogP) is 5.32. The molecule has 0 aromatic rings. The number of hydrogen-bond acceptors (Lipinski definition) is 2. The minimum Gasteiger partial charge on any atom is -0.370 e. The molecule has 1 atom stereocenters. The van der Waals surface area contributed by atoms with Gasteiger partial charge in [-0.05, 0) is 19.4 Å². The zero-order valence-corrected chi connectivity index (χ0v) is 15.9. The van der Waals surface area contributed by atoms with E-state index < -0.39 is 0 Å². The van der Waals surface area contributed by atoms with E-state index in [9.17, 15) is 4.79 Å². The van der Waals surface area contributed by atoms with Crippen LogP contribution in [-0.2, 0) is 4.79 Å². The van der Waals surface area contributed by atoms with E-state index in [2.05, 4.69) is 19.2 Å². The van der Waals surface area contributed by atoms with Crippen molar-refractivity contribution in [1.29, 1.82) is 0 Å². The Kier molecular flexibility index (Phi) is 17.3. The molecule has 0 saturated heterocycles. The SMILES string of the molecule is CCCCCCCCCCCCCC(CC(N)=O)NCCCC. The molecule has 0 saturated carbocycles. The molecule has 0 aliphatic rings. The highest BCUT2D eigenvalue weighted by Crippen LogP contribution is 2.13. The van der Waals surface area contributed by atoms with Crippen LogP contribution >= 0.6 is 0 Å². The molecule has 3 N–H and O–H groups in total. The van der Waals surface area contributed by atoms with Gasteiger partial charge in [-0.1, -0.05) is 90.9 Å². The molecule has 23 heavy (non-hydrogen) atoms. The smallest absolute Gasteiger partial charge is 0.218 e. The molecule has 0 spiro atoms. The van der Waals surface area contributed by atoms with Gasteiger partial charge in [-0.2, -0.15) is 0 Å². The van der Waals surface area contributed by atoms with Gasteiger partial charge in [0, 0.05) is 12.5 Å². The van der Waals surface area contributed by atoms with Crippen LogP contribution < -0.4 is 11.1 Å². The average Bonchev–Trinajstić information content (AvgIpc) is 2.52. The Balaban J connectivity index is 3.45. The van der Waals surface area contributed by atoms with Gasteiger partial charge in [0.1, 0.15) is 0 Å². The molecule has 0 fully saturated rings. The monoisotopic (exact) mass is 326 g/mol. The third-order valence-corrected chi connectivity index (χ3v) is 4.57. The molecule has 138 valence electrons. The Bertz CT molecular complexity index is 256. The van der Waals surface area contributed by atoms with Gasteiger partial charge < -0.3 is 11.1 Å². The van der Waals surface area contributed by atoms with Crippen molar-refractivity contribution in [3.63, 3.8) is 0 Å². The molecule has 3 nitrogen and oxygen atoms in total. The van der Waals surface area contributed by atoms with Crippen LogP contribution in [0.4, 0.5) is 0 Å². The van der Waals surface area contributed by atoms with E-state index in [4.69, 9.17) is 5.73 Å². The lowest BCUT2D eigenvalue weighted by Gasteiger charge is -2.17. The maximum Gasteiger partial charge on any atom is 0.218 e. The van der Waals surface area contributed by atoms with Gasteiger partial charge in [0.2, 0.25) is 5.91 Å². The van der Waals surface area contributed by atoms with Gasteiger partial charge in [0.25, 0.3) is 0 Å². The van der Waals surface area contributed by atoms with Gasteiger partial charge in [0.15, 0.2) is 0 Å². The summed E-state index contributed by atoms with van der Waals surface area (Å²) in [5.41, 5.74) is 5.35. The third kappa shape index (κ3) is 17.6. The second-order valence-corrected chi connectivity index (χ2v) is 7.00. The molecule has 1 unspecified atom stereocenters. The summed E-state index contributed by atoms with van der Waals surface area (Å²) in [6.07, 6.45) is 19.0. The lowest BCUT2D eigenvalue weighted by atomic mass is 10.0. The highest BCUT2D eigenvalue weighted by molar-refractivity contribution is 5.74. The Morgan fingerprint density at radius 1 is 0.783 bits per heavy atom. The van der Waals surface area contributed by atoms with Crippen LogP contribution in [0, 0.1) is 0 Å². The van der Waals surface area contributed by atoms with Gasteiger partial charge in [-0.15, -0.1) is 0 Å². The summed E-state index contributed by atoms with van der Waals surface area (Å²) in [6, 6.07) is 0.289. The van der Waals surface area contributed by atoms with Gasteiger partial charge >= 0.3 is 0 Å². The van der Waals surface area contributed by atoms with E-state index >= 15 is 0 Å². The van der Waals surface area contributed by atoms with Crippen LogP contribution in [0.3, 0.4) is 0 Å². The average molecular weight is 327 g/mol. The predicted molar refractivity (Wildman–Crippen MR) is 102 cm³/mol. The third-order valence-electron chi connectivity index (χ3n) is 4.57. The summed E-state index contributed by atoms with van der Waals surface area (Å²) in [6.45, 7) is 5.47. The number of carbonyl (C=O) groups excluding carboxylic acids is 1. The summed E-state index contributed by atoms with van der Waals surface area (Å²) < 4.78 is 0. The van der Waals surface area contributed by atoms with Crippen molar-refractivity contribution >= 4 is 5.91 Å². The summed E-state index contributed by atoms with van der Waals surface area (Å²) in [4.78, 5) is 11.1. The first-order chi connectivity index (χ1) is 11.2. The van der Waals surface area contributed by atoms with Crippen LogP contribution in [0.25, 0.3) is 0 Å². The minimum atomic E-state index is -0.179. The molecule has 0 rings (SSSR count). The van der Waals surface area contributed by atoms with Crippen molar-refractivity contribution in [1.82, 2.24) is 5.32 Å². The highest BCUT2D eigenvalue weighted by atomic mass is 16.1. The van der Waals surface area contributed by atoms with Crippen molar-refractivity contribution in [2.24, 2.45) is 5.73 Å². The van der Waals surface area contributed by atoms with Crippen molar-refractivity contribution in [3.05, 3.63) is 0 Å². The lowest BCUT2D eigenvalue weighted by Crippen LogP contribution is -2.34. The zero-order chi connectivity index (χ0) is 17.2. The molecule has 0 aromatic carbocycles. The first-order valence-corrected chi connectivity index (χ1v) is 10.2. The van der Waals surface area contributed by atoms with Gasteiger partial charge in [-0.3, -0.25) is 4.79 Å². The van der Waals surface area contributed by atoms with E-state index in [1.165, 1.54) is 83.5 Å². The standard InChI is InChI=1S/C20H42N2O/c1-3-5-7-8-9-10-11-12-13-14-15-16-19(18-20(21)23)22-17-6-4-2/h19,22H,3-18H2,1-2H3,(H2,21,23). The first-order valence-electron chi connectivity index (χ1n) is 10.2. The van der Waals surface area contributed by atoms with Crippen LogP contribution in [-0.4, -0.2) is 18.5 Å². The van der Waals surface area contributed by atoms with E-state index in [1.807, 2.05) is 0 Å². The topological polar surface area (TPSA) is 55.1 Å². The number of rotatable bonds is 18. The van der Waals surface area contributed by atoms with Crippen LogP contribution in [0.1, 0.15) is 110 Å². The summed E-state index contributed by atoms with van der Waals surface area (Å²) >= 11 is 0. The Morgan fingerprint density at radius 2 is 1.26 bits per heavy atom. The van der Waals surface area contributed by atoms with Crippen molar-refractivity contribution in [2.75, 3.05) is 6.54 Å². The molecule has 0 bridgehead atoms. The molecule has 3 heteroatoms. The lowest BCUT2D eigenvalue weighted by molar-refractivity contribution is -0.118. The van der Waals surface area contributed by atoms with E-state index in [0.717, 1.165) is 13.0 Å². The number of hydrogen-bond donors (Lipinski definition) is 2. The molecule has 0 heterocycles. The summed E-state index contributed by atoms with van der Waals surface area (Å²) in [5.74, 6) is -0.179. The zero-order valence-electron chi connectivity index (χ0n) is 15.9. The maximum atomic E-state index is 11.1. The van der Waals surface area contributed by atoms with Crippen LogP contribution in [0.15, 0.2) is 0 Å². The quantitative estimate of drug-likeness (QED) is 0.335. The van der Waals surface area contributed by atoms with Crippen molar-refractivity contribution in [2.45, 2.75) is 116 Å². The number of unbranched alkanes of at least 4 members (excludes halogenated alkanes) is 11. The molecule has 0 radical (unpaired) electrons. The molecule has 0 aliphatic heterocycles. The van der Waals surface area contributed by atoms with Gasteiger partial charge in [-0.25, -0.2) is 0 Å². The van der Waals surface area contributed by atoms with E-state index in [1.54, 1.807) is 0 Å². The number of amides is 1.